The van der Waals surface area contributed by atoms with Crippen LogP contribution in [0.2, 0.25) is 0 Å². The fraction of sp³-hybridized carbons (Fsp3) is 0.833. The third kappa shape index (κ3) is 0.997. The molecule has 0 aromatic rings. The van der Waals surface area contributed by atoms with Crippen LogP contribution >= 0.6 is 0 Å². The SMILES string of the molecule is CC(C)[C@H]1CO[C]=N1. The van der Waals surface area contributed by atoms with Crippen LogP contribution in [0.5, 0.6) is 0 Å². The molecule has 2 heteroatoms. The summed E-state index contributed by atoms with van der Waals surface area (Å²) in [6.45, 7) is 4.98. The molecule has 0 spiro atoms. The molecule has 0 unspecified atom stereocenters. The summed E-state index contributed by atoms with van der Waals surface area (Å²) < 4.78 is 4.80. The lowest BCUT2D eigenvalue weighted by atomic mass is 10.1. The Morgan fingerprint density at radius 1 is 1.75 bits per heavy atom. The fourth-order valence-corrected chi connectivity index (χ4v) is 0.606. The van der Waals surface area contributed by atoms with Crippen LogP contribution in [0.25, 0.3) is 0 Å². The zero-order chi connectivity index (χ0) is 5.98. The minimum atomic E-state index is 0.356. The summed E-state index contributed by atoms with van der Waals surface area (Å²) in [4.78, 5) is 3.96. The molecule has 0 aromatic carbocycles. The largest absolute Gasteiger partial charge is 0.472 e. The molecule has 0 saturated carbocycles. The predicted molar refractivity (Wildman–Crippen MR) is 32.0 cm³/mol. The van der Waals surface area contributed by atoms with Crippen LogP contribution in [0.4, 0.5) is 0 Å². The molecule has 0 amide bonds. The van der Waals surface area contributed by atoms with Crippen LogP contribution in [0.3, 0.4) is 0 Å². The molecule has 1 rings (SSSR count). The summed E-state index contributed by atoms with van der Waals surface area (Å²) in [6.07, 6.45) is 2.48. The van der Waals surface area contributed by atoms with Crippen LogP contribution in [-0.4, -0.2) is 19.0 Å². The maximum atomic E-state index is 4.80. The topological polar surface area (TPSA) is 21.6 Å². The van der Waals surface area contributed by atoms with Gasteiger partial charge in [-0.2, -0.15) is 0 Å². The van der Waals surface area contributed by atoms with Crippen molar-refractivity contribution in [1.29, 1.82) is 0 Å². The highest BCUT2D eigenvalue weighted by molar-refractivity contribution is 5.48. The highest BCUT2D eigenvalue weighted by Crippen LogP contribution is 2.09. The van der Waals surface area contributed by atoms with Gasteiger partial charge < -0.3 is 4.74 Å². The predicted octanol–water partition coefficient (Wildman–Crippen LogP) is 0.947. The van der Waals surface area contributed by atoms with Gasteiger partial charge in [0.2, 0.25) is 0 Å². The first-order chi connectivity index (χ1) is 3.80. The Balaban J connectivity index is 2.36. The van der Waals surface area contributed by atoms with Crippen molar-refractivity contribution in [1.82, 2.24) is 0 Å². The average molecular weight is 112 g/mol. The van der Waals surface area contributed by atoms with E-state index in [0.29, 0.717) is 12.0 Å². The first-order valence-electron chi connectivity index (χ1n) is 2.87. The molecule has 1 heterocycles. The van der Waals surface area contributed by atoms with E-state index >= 15 is 0 Å². The van der Waals surface area contributed by atoms with Gasteiger partial charge in [-0.1, -0.05) is 13.8 Å². The number of nitrogens with zero attached hydrogens (tertiary/aromatic N) is 1. The average Bonchev–Trinajstić information content (AvgIpc) is 2.12. The van der Waals surface area contributed by atoms with E-state index < -0.39 is 0 Å². The zero-order valence-corrected chi connectivity index (χ0v) is 5.22. The van der Waals surface area contributed by atoms with Crippen LogP contribution < -0.4 is 0 Å². The van der Waals surface area contributed by atoms with Gasteiger partial charge >= 0.3 is 0 Å². The van der Waals surface area contributed by atoms with E-state index in [1.54, 1.807) is 0 Å². The molecule has 8 heavy (non-hydrogen) atoms. The monoisotopic (exact) mass is 112 g/mol. The first kappa shape index (κ1) is 5.60. The summed E-state index contributed by atoms with van der Waals surface area (Å²) in [7, 11) is 0. The Labute approximate surface area is 49.6 Å². The van der Waals surface area contributed by atoms with Crippen molar-refractivity contribution >= 4 is 6.40 Å². The molecule has 45 valence electrons. The maximum absolute atomic E-state index is 4.80. The quantitative estimate of drug-likeness (QED) is 0.495. The van der Waals surface area contributed by atoms with Crippen LogP contribution in [-0.2, 0) is 4.74 Å². The van der Waals surface area contributed by atoms with Gasteiger partial charge in [0.05, 0.1) is 6.04 Å². The van der Waals surface area contributed by atoms with E-state index in [-0.39, 0.29) is 0 Å². The van der Waals surface area contributed by atoms with E-state index in [1.807, 2.05) is 0 Å². The molecule has 1 radical (unpaired) electrons. The molecule has 2 nitrogen and oxygen atoms in total. The first-order valence-corrected chi connectivity index (χ1v) is 2.87. The highest BCUT2D eigenvalue weighted by atomic mass is 16.5. The third-order valence-electron chi connectivity index (χ3n) is 1.31. The number of hydrogen-bond donors (Lipinski definition) is 0. The van der Waals surface area contributed by atoms with Crippen LogP contribution in [0, 0.1) is 5.92 Å². The van der Waals surface area contributed by atoms with Crippen molar-refractivity contribution in [3.63, 3.8) is 0 Å². The lowest BCUT2D eigenvalue weighted by molar-refractivity contribution is 0.299. The van der Waals surface area contributed by atoms with E-state index in [1.165, 1.54) is 0 Å². The molecule has 0 aromatic heterocycles. The Morgan fingerprint density at radius 2 is 2.50 bits per heavy atom. The van der Waals surface area contributed by atoms with Crippen molar-refractivity contribution in [2.45, 2.75) is 19.9 Å². The minimum Gasteiger partial charge on any atom is -0.472 e. The van der Waals surface area contributed by atoms with Gasteiger partial charge in [-0.15, -0.1) is 0 Å². The van der Waals surface area contributed by atoms with Gasteiger partial charge in [-0.05, 0) is 5.92 Å². The third-order valence-corrected chi connectivity index (χ3v) is 1.31. The molecule has 0 N–H and O–H groups in total. The summed E-state index contributed by atoms with van der Waals surface area (Å²) in [5.41, 5.74) is 0. The zero-order valence-electron chi connectivity index (χ0n) is 5.22. The molecule has 0 fully saturated rings. The minimum absolute atomic E-state index is 0.356. The number of aliphatic imine (C=N–C) groups is 1. The van der Waals surface area contributed by atoms with E-state index in [4.69, 9.17) is 4.74 Å². The Morgan fingerprint density at radius 3 is 2.75 bits per heavy atom. The molecule has 1 aliphatic heterocycles. The molecule has 1 atom stereocenters. The Kier molecular flexibility index (Phi) is 1.51. The Hall–Kier alpha value is -0.530. The standard InChI is InChI=1S/C6H10NO/c1-5(2)6-3-8-4-7-6/h5-6H,3H2,1-2H3/t6-/m1/s1. The smallest absolute Gasteiger partial charge is 0.273 e. The van der Waals surface area contributed by atoms with Gasteiger partial charge in [-0.3, -0.25) is 0 Å². The molecule has 0 bridgehead atoms. The Bertz CT molecular complexity index is 98.7. The molecular formula is C6H10NO. The van der Waals surface area contributed by atoms with E-state index in [2.05, 4.69) is 25.2 Å². The van der Waals surface area contributed by atoms with Gasteiger partial charge in [0, 0.05) is 0 Å². The fourth-order valence-electron chi connectivity index (χ4n) is 0.606. The van der Waals surface area contributed by atoms with Crippen molar-refractivity contribution in [2.24, 2.45) is 10.9 Å². The van der Waals surface area contributed by atoms with Gasteiger partial charge in [0.1, 0.15) is 6.61 Å². The summed E-state index contributed by atoms with van der Waals surface area (Å²) in [6, 6.07) is 0.356. The molecule has 0 aliphatic carbocycles. The van der Waals surface area contributed by atoms with Crippen LogP contribution in [0.15, 0.2) is 4.99 Å². The molecule has 0 saturated heterocycles. The number of hydrogen-bond acceptors (Lipinski definition) is 2. The summed E-state index contributed by atoms with van der Waals surface area (Å²) in [5.74, 6) is 0.588. The van der Waals surface area contributed by atoms with Crippen molar-refractivity contribution in [3.05, 3.63) is 0 Å². The van der Waals surface area contributed by atoms with E-state index in [0.717, 1.165) is 6.61 Å². The van der Waals surface area contributed by atoms with Crippen molar-refractivity contribution < 1.29 is 4.74 Å². The van der Waals surface area contributed by atoms with Gasteiger partial charge in [-0.25, -0.2) is 4.99 Å². The number of ether oxygens (including phenoxy) is 1. The summed E-state index contributed by atoms with van der Waals surface area (Å²) >= 11 is 0. The van der Waals surface area contributed by atoms with E-state index in [9.17, 15) is 0 Å². The highest BCUT2D eigenvalue weighted by Gasteiger charge is 2.15. The lowest BCUT2D eigenvalue weighted by Gasteiger charge is -2.06. The maximum Gasteiger partial charge on any atom is 0.273 e. The van der Waals surface area contributed by atoms with Crippen molar-refractivity contribution in [3.8, 4) is 0 Å². The molecular weight excluding hydrogens is 102 g/mol. The second-order valence-corrected chi connectivity index (χ2v) is 2.34. The molecule has 1 aliphatic rings. The normalized spacial score (nSPS) is 26.6. The van der Waals surface area contributed by atoms with Gasteiger partial charge in [0.25, 0.3) is 6.40 Å². The second-order valence-electron chi connectivity index (χ2n) is 2.34. The van der Waals surface area contributed by atoms with Crippen LogP contribution in [0.1, 0.15) is 13.8 Å². The summed E-state index contributed by atoms with van der Waals surface area (Å²) in [5, 5.41) is 0. The lowest BCUT2D eigenvalue weighted by Crippen LogP contribution is -2.13. The number of rotatable bonds is 1. The van der Waals surface area contributed by atoms with Crippen molar-refractivity contribution in [2.75, 3.05) is 6.61 Å². The second kappa shape index (κ2) is 2.16. The van der Waals surface area contributed by atoms with Gasteiger partial charge in [0.15, 0.2) is 0 Å².